The summed E-state index contributed by atoms with van der Waals surface area (Å²) in [5, 5.41) is 11.9. The molecule has 1 aromatic carbocycles. The van der Waals surface area contributed by atoms with E-state index in [1.54, 1.807) is 18.2 Å². The second-order valence-electron chi connectivity index (χ2n) is 7.05. The Morgan fingerprint density at radius 3 is 2.84 bits per heavy atom. The molecule has 1 fully saturated rings. The Hall–Kier alpha value is -3.37. The van der Waals surface area contributed by atoms with Crippen LogP contribution in [0.2, 0.25) is 0 Å². The highest BCUT2D eigenvalue weighted by Crippen LogP contribution is 2.36. The van der Waals surface area contributed by atoms with Gasteiger partial charge in [-0.05, 0) is 43.1 Å². The maximum Gasteiger partial charge on any atom is 0.325 e. The number of hydrogen-bond donors (Lipinski definition) is 4. The molecule has 8 nitrogen and oxygen atoms in total. The number of benzene rings is 1. The van der Waals surface area contributed by atoms with Crippen molar-refractivity contribution in [3.63, 3.8) is 0 Å². The van der Waals surface area contributed by atoms with E-state index in [-0.39, 0.29) is 23.6 Å². The lowest BCUT2D eigenvalue weighted by Gasteiger charge is -2.23. The molecule has 0 aliphatic carbocycles. The van der Waals surface area contributed by atoms with Crippen molar-refractivity contribution in [2.24, 2.45) is 0 Å². The van der Waals surface area contributed by atoms with E-state index in [0.717, 1.165) is 19.4 Å². The van der Waals surface area contributed by atoms with Crippen molar-refractivity contribution in [1.29, 1.82) is 0 Å². The van der Waals surface area contributed by atoms with Crippen molar-refractivity contribution in [2.45, 2.75) is 18.9 Å². The predicted octanol–water partition coefficient (Wildman–Crippen LogP) is 3.47. The van der Waals surface area contributed by atoms with Gasteiger partial charge in [0.25, 0.3) is 5.91 Å². The number of thiophene rings is 1. The molecule has 0 unspecified atom stereocenters. The number of urea groups is 1. The first kappa shape index (κ1) is 20.9. The molecule has 4 rings (SSSR count). The van der Waals surface area contributed by atoms with E-state index in [1.807, 2.05) is 0 Å². The largest absolute Gasteiger partial charge is 0.348 e. The zero-order valence-electron chi connectivity index (χ0n) is 16.5. The summed E-state index contributed by atoms with van der Waals surface area (Å²) in [6.45, 7) is 1.63. The van der Waals surface area contributed by atoms with Crippen LogP contribution < -0.4 is 21.3 Å². The third-order valence-corrected chi connectivity index (χ3v) is 5.85. The highest BCUT2D eigenvalue weighted by molar-refractivity contribution is 7.20. The van der Waals surface area contributed by atoms with Gasteiger partial charge >= 0.3 is 6.03 Å². The van der Waals surface area contributed by atoms with Crippen molar-refractivity contribution < 1.29 is 14.0 Å². The number of rotatable bonds is 5. The Morgan fingerprint density at radius 2 is 2.10 bits per heavy atom. The van der Waals surface area contributed by atoms with E-state index in [2.05, 4.69) is 31.2 Å². The maximum absolute atomic E-state index is 13.7. The Morgan fingerprint density at radius 1 is 1.19 bits per heavy atom. The van der Waals surface area contributed by atoms with Gasteiger partial charge in [-0.15, -0.1) is 11.3 Å². The molecule has 1 aliphatic rings. The highest BCUT2D eigenvalue weighted by atomic mass is 32.1. The normalized spacial score (nSPS) is 15.8. The van der Waals surface area contributed by atoms with Gasteiger partial charge in [-0.1, -0.05) is 12.1 Å². The molecule has 0 radical (unpaired) electrons. The predicted molar refractivity (Wildman–Crippen MR) is 118 cm³/mol. The number of hydrogen-bond acceptors (Lipinski definition) is 6. The molecule has 3 aromatic rings. The van der Waals surface area contributed by atoms with Crippen LogP contribution in [0.4, 0.5) is 20.0 Å². The quantitative estimate of drug-likeness (QED) is 0.486. The fourth-order valence-electron chi connectivity index (χ4n) is 3.29. The first-order valence-electron chi connectivity index (χ1n) is 9.84. The molecule has 31 heavy (non-hydrogen) atoms. The summed E-state index contributed by atoms with van der Waals surface area (Å²) < 4.78 is 13.7. The van der Waals surface area contributed by atoms with Gasteiger partial charge in [0.15, 0.2) is 5.82 Å². The van der Waals surface area contributed by atoms with Gasteiger partial charge in [0, 0.05) is 29.9 Å². The van der Waals surface area contributed by atoms with Gasteiger partial charge in [-0.25, -0.2) is 14.2 Å². The molecule has 0 bridgehead atoms. The first-order valence-corrected chi connectivity index (χ1v) is 10.7. The van der Waals surface area contributed by atoms with Crippen molar-refractivity contribution in [3.8, 4) is 10.4 Å². The summed E-state index contributed by atoms with van der Waals surface area (Å²) in [5.74, 6) is -0.385. The van der Waals surface area contributed by atoms with Gasteiger partial charge in [0.05, 0.1) is 11.8 Å². The lowest BCUT2D eigenvalue weighted by molar-refractivity contribution is 0.0932. The van der Waals surface area contributed by atoms with Crippen LogP contribution in [0.15, 0.2) is 48.9 Å². The zero-order chi connectivity index (χ0) is 21.6. The molecule has 160 valence electrons. The number of nitrogens with one attached hydrogen (secondary N) is 4. The lowest BCUT2D eigenvalue weighted by Crippen LogP contribution is -2.45. The molecular formula is C21H21FN6O2S. The minimum Gasteiger partial charge on any atom is -0.348 e. The van der Waals surface area contributed by atoms with E-state index in [1.165, 1.54) is 42.1 Å². The summed E-state index contributed by atoms with van der Waals surface area (Å²) in [5.41, 5.74) is 0.949. The Kier molecular flexibility index (Phi) is 6.48. The molecule has 3 heterocycles. The molecule has 1 saturated heterocycles. The van der Waals surface area contributed by atoms with E-state index in [0.29, 0.717) is 27.5 Å². The first-order chi connectivity index (χ1) is 15.1. The smallest absolute Gasteiger partial charge is 0.325 e. The molecule has 1 atom stereocenters. The van der Waals surface area contributed by atoms with Crippen LogP contribution in [0, 0.1) is 5.82 Å². The van der Waals surface area contributed by atoms with Crippen LogP contribution in [0.1, 0.15) is 23.2 Å². The van der Waals surface area contributed by atoms with E-state index < -0.39 is 6.03 Å². The fourth-order valence-corrected chi connectivity index (χ4v) is 4.34. The molecular weight excluding hydrogens is 419 g/mol. The van der Waals surface area contributed by atoms with Gasteiger partial charge in [0.1, 0.15) is 10.8 Å². The number of nitrogens with zero attached hydrogens (tertiary/aromatic N) is 2. The maximum atomic E-state index is 13.7. The van der Waals surface area contributed by atoms with Crippen LogP contribution in [0.25, 0.3) is 10.4 Å². The van der Waals surface area contributed by atoms with Crippen LogP contribution in [-0.4, -0.2) is 41.0 Å². The highest BCUT2D eigenvalue weighted by Gasteiger charge is 2.22. The summed E-state index contributed by atoms with van der Waals surface area (Å²) >= 11 is 1.20. The van der Waals surface area contributed by atoms with Gasteiger partial charge in [-0.3, -0.25) is 20.4 Å². The topological polar surface area (TPSA) is 108 Å². The van der Waals surface area contributed by atoms with Crippen LogP contribution >= 0.6 is 11.3 Å². The standard InChI is InChI=1S/C21H21FN6O2S/c22-14-4-1-3-13(9-14)17-10-16(19(29)26-15-5-2-6-23-11-15)20(31-17)28-21(30)27-18-12-24-7-8-25-18/h1,3-4,7-10,12,15,23H,2,5-6,11H2,(H,26,29)(H2,25,27,28,30)/t15-/m0/s1. The number of amides is 3. The van der Waals surface area contributed by atoms with Crippen molar-refractivity contribution in [1.82, 2.24) is 20.6 Å². The number of aromatic nitrogens is 2. The van der Waals surface area contributed by atoms with E-state index in [9.17, 15) is 14.0 Å². The minimum atomic E-state index is -0.554. The summed E-state index contributed by atoms with van der Waals surface area (Å²) in [7, 11) is 0. The molecule has 0 saturated carbocycles. The number of halogens is 1. The van der Waals surface area contributed by atoms with Crippen LogP contribution in [0.3, 0.4) is 0 Å². The average Bonchev–Trinajstić information content (AvgIpc) is 3.19. The average molecular weight is 441 g/mol. The van der Waals surface area contributed by atoms with Gasteiger partial charge in [-0.2, -0.15) is 0 Å². The molecule has 4 N–H and O–H groups in total. The summed E-state index contributed by atoms with van der Waals surface area (Å²) in [4.78, 5) is 34.0. The SMILES string of the molecule is O=C(Nc1cnccn1)Nc1sc(-c2cccc(F)c2)cc1C(=O)N[C@H]1CCCNC1. The fraction of sp³-hybridized carbons (Fsp3) is 0.238. The minimum absolute atomic E-state index is 0.0139. The van der Waals surface area contributed by atoms with Gasteiger partial charge in [0.2, 0.25) is 0 Å². The van der Waals surface area contributed by atoms with Crippen molar-refractivity contribution in [2.75, 3.05) is 23.7 Å². The second-order valence-corrected chi connectivity index (χ2v) is 8.10. The molecule has 0 spiro atoms. The van der Waals surface area contributed by atoms with Gasteiger partial charge < -0.3 is 10.6 Å². The molecule has 2 aromatic heterocycles. The lowest BCUT2D eigenvalue weighted by atomic mass is 10.1. The summed E-state index contributed by atoms with van der Waals surface area (Å²) in [6, 6.07) is 7.23. The van der Waals surface area contributed by atoms with Crippen molar-refractivity contribution in [3.05, 3.63) is 60.3 Å². The van der Waals surface area contributed by atoms with Crippen LogP contribution in [-0.2, 0) is 0 Å². The Balaban J connectivity index is 1.58. The number of anilines is 2. The third kappa shape index (κ3) is 5.41. The van der Waals surface area contributed by atoms with E-state index >= 15 is 0 Å². The molecule has 10 heteroatoms. The molecule has 1 aliphatic heterocycles. The van der Waals surface area contributed by atoms with Crippen molar-refractivity contribution >= 4 is 34.1 Å². The molecule has 3 amide bonds. The third-order valence-electron chi connectivity index (χ3n) is 4.75. The summed E-state index contributed by atoms with van der Waals surface area (Å²) in [6.07, 6.45) is 6.23. The number of carbonyl (C=O) groups excluding carboxylic acids is 2. The Bertz CT molecular complexity index is 1070. The van der Waals surface area contributed by atoms with E-state index in [4.69, 9.17) is 0 Å². The number of piperidine rings is 1. The number of carbonyl (C=O) groups is 2. The second kappa shape index (κ2) is 9.63. The monoisotopic (exact) mass is 440 g/mol. The Labute approximate surface area is 182 Å². The zero-order valence-corrected chi connectivity index (χ0v) is 17.3. The van der Waals surface area contributed by atoms with Crippen LogP contribution in [0.5, 0.6) is 0 Å².